The van der Waals surface area contributed by atoms with Gasteiger partial charge in [-0.25, -0.2) is 4.67 Å². The molecule has 0 spiro atoms. The molecular formula is C86H145N10O42P. The zero-order valence-electron chi connectivity index (χ0n) is 81.9. The van der Waals surface area contributed by atoms with Crippen LogP contribution in [-0.4, -0.2) is 413 Å². The number of carbonyl (C=O) groups is 15. The lowest BCUT2D eigenvalue weighted by Gasteiger charge is -2.45. The summed E-state index contributed by atoms with van der Waals surface area (Å²) in [6.45, 7) is 20.5. The Morgan fingerprint density at radius 3 is 1.07 bits per heavy atom. The van der Waals surface area contributed by atoms with Gasteiger partial charge in [-0.15, -0.1) is 0 Å². The molecule has 19 unspecified atom stereocenters. The number of hydrogen-bond donors (Lipinski definition) is 9. The van der Waals surface area contributed by atoms with Crippen LogP contribution in [0.3, 0.4) is 0 Å². The van der Waals surface area contributed by atoms with E-state index >= 15 is 0 Å². The number of carbonyl (C=O) groups excluding carboxylic acids is 15. The van der Waals surface area contributed by atoms with Gasteiger partial charge in [0.25, 0.3) is 8.53 Å². The highest BCUT2D eigenvalue weighted by Gasteiger charge is 2.54. The average molecular weight is 2020 g/mol. The molecular weight excluding hydrogens is 1880 g/mol. The summed E-state index contributed by atoms with van der Waals surface area (Å²) in [5.41, 5.74) is 6.41. The standard InChI is InChI=1S/C86H145N10O42P/c1-52(2)96(53(3)4)139(128-26-16-22-87)129-48-44-121-40-39-120-38-37-119-36-35-118-34-33-117-32-31-113-27-21-72(110)95-66(83(112)91-25-30-116-43-47-124-86-75(93-55(6)98)81(135-64(15)107)78(132-61(12)104)69(138-86)51-127-58(9)101)18-20-71(109)94-65(82(111)90-24-29-115-41-45-122-84-73(88)79(133-62(13)105)76(130-59(10)102)67(136-84)49-125-56(7)99)17-19-70(108)89-23-28-114-42-46-123-85-74(92-54(5)97)80(134-63(14)106)77(131-60(11)103)68(137-85)50-126-57(8)100/h52-53,55,65-69,73-81,84-86,93,98H,16-21,23-51,88H2,1-15H3,(H,89,108)(H,90,111)(H,91,112)(H,92,97)(H,94,109)(H,95,110). The van der Waals surface area contributed by atoms with Crippen molar-refractivity contribution in [3.8, 4) is 6.07 Å². The third-order valence-corrected chi connectivity index (χ3v) is 21.3. The van der Waals surface area contributed by atoms with Crippen molar-refractivity contribution in [2.45, 2.75) is 265 Å². The van der Waals surface area contributed by atoms with Gasteiger partial charge in [0.1, 0.15) is 68.5 Å². The average Bonchev–Trinajstić information content (AvgIpc) is 0.790. The van der Waals surface area contributed by atoms with Crippen molar-refractivity contribution in [1.29, 1.82) is 5.26 Å². The summed E-state index contributed by atoms with van der Waals surface area (Å²) in [6.07, 6.45) is -18.7. The van der Waals surface area contributed by atoms with Crippen molar-refractivity contribution < 1.29 is 200 Å². The van der Waals surface area contributed by atoms with E-state index in [4.69, 9.17) is 134 Å². The number of aliphatic hydroxyl groups is 1. The molecule has 19 atom stereocenters. The zero-order chi connectivity index (χ0) is 103. The van der Waals surface area contributed by atoms with Gasteiger partial charge in [0.05, 0.1) is 170 Å². The number of nitrogens with two attached hydrogens (primary N) is 1. The number of nitriles is 1. The smallest absolute Gasteiger partial charge is 0.303 e. The van der Waals surface area contributed by atoms with Gasteiger partial charge in [-0.3, -0.25) is 77.2 Å². The number of hydrogen-bond acceptors (Lipinski definition) is 46. The summed E-state index contributed by atoms with van der Waals surface area (Å²) in [4.78, 5) is 191. The first kappa shape index (κ1) is 124. The Hall–Kier alpha value is -8.87. The van der Waals surface area contributed by atoms with Gasteiger partial charge >= 0.3 is 53.7 Å². The number of aliphatic hydroxyl groups excluding tert-OH is 1. The van der Waals surface area contributed by atoms with Crippen LogP contribution in [0.2, 0.25) is 0 Å². The van der Waals surface area contributed by atoms with Crippen LogP contribution in [0, 0.1) is 11.3 Å². The maximum Gasteiger partial charge on any atom is 0.303 e. The Morgan fingerprint density at radius 1 is 0.374 bits per heavy atom. The van der Waals surface area contributed by atoms with E-state index in [0.29, 0.717) is 46.2 Å². The molecule has 796 valence electrons. The highest BCUT2D eigenvalue weighted by Crippen LogP contribution is 2.46. The predicted molar refractivity (Wildman–Crippen MR) is 476 cm³/mol. The van der Waals surface area contributed by atoms with E-state index in [9.17, 15) is 77.0 Å². The van der Waals surface area contributed by atoms with E-state index in [2.05, 4.69) is 75.7 Å². The summed E-state index contributed by atoms with van der Waals surface area (Å²) >= 11 is 0. The largest absolute Gasteiger partial charge is 0.463 e. The van der Waals surface area contributed by atoms with E-state index in [1.807, 2.05) is 0 Å². The van der Waals surface area contributed by atoms with Gasteiger partial charge in [0, 0.05) is 120 Å². The third-order valence-electron chi connectivity index (χ3n) is 19.2. The van der Waals surface area contributed by atoms with Crippen molar-refractivity contribution in [1.82, 2.24) is 41.9 Å². The van der Waals surface area contributed by atoms with Crippen molar-refractivity contribution in [2.24, 2.45) is 5.73 Å². The summed E-state index contributed by atoms with van der Waals surface area (Å²) in [6, 6.07) is -4.10. The lowest BCUT2D eigenvalue weighted by molar-refractivity contribution is -0.282. The Labute approximate surface area is 809 Å². The molecule has 3 saturated heterocycles. The van der Waals surface area contributed by atoms with Crippen LogP contribution >= 0.6 is 8.53 Å². The minimum absolute atomic E-state index is 0.0641. The number of nitrogens with one attached hydrogen (secondary N) is 7. The number of esters is 9. The van der Waals surface area contributed by atoms with E-state index in [1.165, 1.54) is 13.8 Å². The number of ether oxygens (including phenoxy) is 24. The first-order chi connectivity index (χ1) is 66.2. The fourth-order valence-electron chi connectivity index (χ4n) is 13.6. The zero-order valence-corrected chi connectivity index (χ0v) is 82.8. The topological polar surface area (TPSA) is 654 Å². The quantitative estimate of drug-likeness (QED) is 0.00986. The van der Waals surface area contributed by atoms with Crippen LogP contribution in [0.25, 0.3) is 0 Å². The van der Waals surface area contributed by atoms with Crippen molar-refractivity contribution in [3.05, 3.63) is 0 Å². The van der Waals surface area contributed by atoms with Crippen LogP contribution in [0.1, 0.15) is 142 Å². The Bertz CT molecular complexity index is 3700. The first-order valence-corrected chi connectivity index (χ1v) is 46.9. The lowest BCUT2D eigenvalue weighted by Crippen LogP contribution is -2.67. The summed E-state index contributed by atoms with van der Waals surface area (Å²) < 4.78 is 149. The SMILES string of the molecule is CC(=O)NC1C(OCCOCCNC(=O)CCC(NC(=O)CCC(NC(=O)CCOCCOCCOCCOCCOCCOCCOP(OCCC#N)N(C(C)C)C(C)C)C(=O)NCCOCCOC2OC(COC(C)=O)C(OC(C)=O)C(OC(C)=O)C2NC(C)O)C(=O)NCCOCCOC2OC(COC(C)=O)C(OC(C)=O)C(OC(C)=O)C2N)OC(COC(C)=O)C(OC(C)=O)C1OC(C)=O. The van der Waals surface area contributed by atoms with Gasteiger partial charge in [-0.05, 0) is 47.5 Å². The van der Waals surface area contributed by atoms with Crippen LogP contribution in [0.4, 0.5) is 0 Å². The second-order valence-corrected chi connectivity index (χ2v) is 33.1. The maximum absolute atomic E-state index is 14.1. The van der Waals surface area contributed by atoms with Gasteiger partial charge in [0.15, 0.2) is 55.5 Å². The van der Waals surface area contributed by atoms with Crippen LogP contribution in [0.15, 0.2) is 0 Å². The molecule has 139 heavy (non-hydrogen) atoms. The highest BCUT2D eigenvalue weighted by molar-refractivity contribution is 7.44. The second-order valence-electron chi connectivity index (χ2n) is 31.7. The minimum Gasteiger partial charge on any atom is -0.463 e. The maximum atomic E-state index is 14.1. The molecule has 52 nitrogen and oxygen atoms in total. The molecule has 3 aliphatic rings. The molecule has 6 amide bonds. The molecule has 3 fully saturated rings. The highest BCUT2D eigenvalue weighted by atomic mass is 31.2. The predicted octanol–water partition coefficient (Wildman–Crippen LogP) is -2.67. The van der Waals surface area contributed by atoms with Crippen molar-refractivity contribution >= 4 is 97.7 Å². The minimum atomic E-state index is -1.44. The van der Waals surface area contributed by atoms with Gasteiger partial charge in [-0.1, -0.05) is 0 Å². The molecule has 0 aromatic carbocycles. The van der Waals surface area contributed by atoms with E-state index in [0.717, 1.165) is 62.3 Å². The molecule has 0 aliphatic carbocycles. The van der Waals surface area contributed by atoms with E-state index in [-0.39, 0.29) is 170 Å². The molecule has 0 saturated carbocycles. The van der Waals surface area contributed by atoms with Crippen molar-refractivity contribution in [3.63, 3.8) is 0 Å². The number of amides is 6. The lowest BCUT2D eigenvalue weighted by atomic mass is 9.96. The van der Waals surface area contributed by atoms with Crippen molar-refractivity contribution in [2.75, 3.05) is 191 Å². The Kier molecular flexibility index (Phi) is 64.7. The number of rotatable bonds is 74. The third kappa shape index (κ3) is 54.8. The van der Waals surface area contributed by atoms with Gasteiger partial charge < -0.3 is 165 Å². The van der Waals surface area contributed by atoms with Gasteiger partial charge in [-0.2, -0.15) is 5.26 Å². The fraction of sp³-hybridized carbons (Fsp3) is 0.814. The molecule has 3 heterocycles. The molecule has 3 rings (SSSR count). The van der Waals surface area contributed by atoms with Crippen LogP contribution in [0.5, 0.6) is 0 Å². The monoisotopic (exact) mass is 2020 g/mol. The summed E-state index contributed by atoms with van der Waals surface area (Å²) in [5.74, 6) is -11.2. The van der Waals surface area contributed by atoms with Crippen LogP contribution < -0.4 is 43.0 Å². The molecule has 53 heteroatoms. The molecule has 0 aromatic rings. The normalized spacial score (nSPS) is 22.1. The number of nitrogens with zero attached hydrogens (tertiary/aromatic N) is 2. The second kappa shape index (κ2) is 72.4. The van der Waals surface area contributed by atoms with Gasteiger partial charge in [0.2, 0.25) is 35.4 Å². The fourth-order valence-corrected chi connectivity index (χ4v) is 15.1. The molecule has 0 bridgehead atoms. The summed E-state index contributed by atoms with van der Waals surface area (Å²) in [5, 5.41) is 37.9. The Morgan fingerprint density at radius 2 is 0.691 bits per heavy atom. The van der Waals surface area contributed by atoms with E-state index < -0.39 is 234 Å². The Balaban J connectivity index is 1.73. The van der Waals surface area contributed by atoms with Crippen LogP contribution in [-0.2, 0) is 195 Å². The molecule has 0 radical (unpaired) electrons. The summed E-state index contributed by atoms with van der Waals surface area (Å²) in [7, 11) is -1.36. The molecule has 10 N–H and O–H groups in total. The first-order valence-electron chi connectivity index (χ1n) is 45.8. The molecule has 3 aliphatic heterocycles. The molecule has 0 aromatic heterocycles. The van der Waals surface area contributed by atoms with E-state index in [1.54, 1.807) is 0 Å².